The molecule has 0 aliphatic rings. The van der Waals surface area contributed by atoms with Crippen molar-refractivity contribution in [2.24, 2.45) is 0 Å². The molecule has 0 heterocycles. The van der Waals surface area contributed by atoms with Crippen molar-refractivity contribution in [2.75, 3.05) is 31.4 Å². The summed E-state index contributed by atoms with van der Waals surface area (Å²) >= 11 is 12.1. The van der Waals surface area contributed by atoms with Crippen LogP contribution >= 0.6 is 23.2 Å². The van der Waals surface area contributed by atoms with Gasteiger partial charge in [-0.3, -0.25) is 4.79 Å². The standard InChI is InChI=1S/C26H23Cl2N3O3/c1-31(2)22-9-7-21(8-10-22)30-26(32)19(15-29)12-17-4-11-24(25(13-17)33-3)34-16-18-5-6-20(27)14-23(18)28/h4-14H,16H2,1-3H3,(H,30,32)/b19-12-. The minimum Gasteiger partial charge on any atom is -0.493 e. The second kappa shape index (κ2) is 11.5. The molecule has 3 aromatic rings. The number of nitriles is 1. The number of benzene rings is 3. The van der Waals surface area contributed by atoms with Gasteiger partial charge >= 0.3 is 0 Å². The first kappa shape index (κ1) is 25.0. The van der Waals surface area contributed by atoms with Gasteiger partial charge in [0.05, 0.1) is 7.11 Å². The monoisotopic (exact) mass is 495 g/mol. The zero-order chi connectivity index (χ0) is 24.7. The molecule has 8 heteroatoms. The lowest BCUT2D eigenvalue weighted by Crippen LogP contribution is -2.14. The van der Waals surface area contributed by atoms with Crippen molar-refractivity contribution in [1.82, 2.24) is 0 Å². The van der Waals surface area contributed by atoms with Gasteiger partial charge in [0.15, 0.2) is 11.5 Å². The number of anilines is 2. The molecule has 174 valence electrons. The van der Waals surface area contributed by atoms with E-state index in [0.717, 1.165) is 11.3 Å². The number of amides is 1. The lowest BCUT2D eigenvalue weighted by atomic mass is 10.1. The average Bonchev–Trinajstić information content (AvgIpc) is 2.82. The summed E-state index contributed by atoms with van der Waals surface area (Å²) < 4.78 is 11.3. The average molecular weight is 496 g/mol. The van der Waals surface area contributed by atoms with E-state index >= 15 is 0 Å². The summed E-state index contributed by atoms with van der Waals surface area (Å²) in [6.45, 7) is 0.222. The summed E-state index contributed by atoms with van der Waals surface area (Å²) in [6, 6.07) is 19.6. The molecule has 0 saturated carbocycles. The summed E-state index contributed by atoms with van der Waals surface area (Å²) in [5.41, 5.74) is 2.95. The third-order valence-electron chi connectivity index (χ3n) is 4.90. The number of hydrogen-bond acceptors (Lipinski definition) is 5. The van der Waals surface area contributed by atoms with Crippen molar-refractivity contribution in [1.29, 1.82) is 5.26 Å². The molecule has 34 heavy (non-hydrogen) atoms. The van der Waals surface area contributed by atoms with Crippen molar-refractivity contribution in [2.45, 2.75) is 6.61 Å². The second-order valence-corrected chi connectivity index (χ2v) is 8.34. The van der Waals surface area contributed by atoms with E-state index in [0.29, 0.717) is 32.8 Å². The number of ether oxygens (including phenoxy) is 2. The quantitative estimate of drug-likeness (QED) is 0.297. The number of nitrogens with one attached hydrogen (secondary N) is 1. The largest absolute Gasteiger partial charge is 0.493 e. The highest BCUT2D eigenvalue weighted by Crippen LogP contribution is 2.31. The third kappa shape index (κ3) is 6.44. The van der Waals surface area contributed by atoms with Gasteiger partial charge in [0.1, 0.15) is 18.2 Å². The predicted molar refractivity (Wildman–Crippen MR) is 137 cm³/mol. The van der Waals surface area contributed by atoms with E-state index in [1.807, 2.05) is 37.2 Å². The minimum absolute atomic E-state index is 0.0413. The molecule has 1 N–H and O–H groups in total. The van der Waals surface area contributed by atoms with E-state index in [4.69, 9.17) is 32.7 Å². The second-order valence-electron chi connectivity index (χ2n) is 7.50. The Balaban J connectivity index is 1.74. The van der Waals surface area contributed by atoms with E-state index in [2.05, 4.69) is 5.32 Å². The fourth-order valence-electron chi connectivity index (χ4n) is 3.04. The molecule has 3 rings (SSSR count). The smallest absolute Gasteiger partial charge is 0.266 e. The highest BCUT2D eigenvalue weighted by atomic mass is 35.5. The lowest BCUT2D eigenvalue weighted by molar-refractivity contribution is -0.112. The highest BCUT2D eigenvalue weighted by Gasteiger charge is 2.12. The first-order chi connectivity index (χ1) is 16.3. The summed E-state index contributed by atoms with van der Waals surface area (Å²) in [7, 11) is 5.38. The van der Waals surface area contributed by atoms with Crippen LogP contribution in [0.4, 0.5) is 11.4 Å². The van der Waals surface area contributed by atoms with Crippen molar-refractivity contribution in [3.8, 4) is 17.6 Å². The maximum Gasteiger partial charge on any atom is 0.266 e. The first-order valence-electron chi connectivity index (χ1n) is 10.3. The molecule has 0 atom stereocenters. The normalized spacial score (nSPS) is 10.9. The number of rotatable bonds is 8. The van der Waals surface area contributed by atoms with E-state index in [-0.39, 0.29) is 12.2 Å². The molecule has 0 unspecified atom stereocenters. The van der Waals surface area contributed by atoms with Crippen LogP contribution in [0.15, 0.2) is 66.2 Å². The molecule has 0 aliphatic carbocycles. The van der Waals surface area contributed by atoms with Crippen LogP contribution in [0.5, 0.6) is 11.5 Å². The number of carbonyl (C=O) groups excluding carboxylic acids is 1. The molecular weight excluding hydrogens is 473 g/mol. The van der Waals surface area contributed by atoms with Crippen LogP contribution in [0, 0.1) is 11.3 Å². The number of carbonyl (C=O) groups is 1. The number of methoxy groups -OCH3 is 1. The Kier molecular flexibility index (Phi) is 8.42. The van der Waals surface area contributed by atoms with Gasteiger partial charge in [-0.25, -0.2) is 0 Å². The summed E-state index contributed by atoms with van der Waals surface area (Å²) in [4.78, 5) is 14.6. The van der Waals surface area contributed by atoms with Crippen LogP contribution in [0.2, 0.25) is 10.0 Å². The Morgan fingerprint density at radius 3 is 2.41 bits per heavy atom. The first-order valence-corrected chi connectivity index (χ1v) is 11.0. The van der Waals surface area contributed by atoms with Crippen molar-refractivity contribution in [3.05, 3.63) is 87.4 Å². The summed E-state index contributed by atoms with van der Waals surface area (Å²) in [6.07, 6.45) is 1.49. The fourth-order valence-corrected chi connectivity index (χ4v) is 3.51. The molecule has 0 fully saturated rings. The fraction of sp³-hybridized carbons (Fsp3) is 0.154. The van der Waals surface area contributed by atoms with Gasteiger partial charge < -0.3 is 19.7 Å². The van der Waals surface area contributed by atoms with Crippen molar-refractivity contribution < 1.29 is 14.3 Å². The maximum atomic E-state index is 12.6. The Morgan fingerprint density at radius 2 is 1.79 bits per heavy atom. The number of halogens is 2. The molecule has 1 amide bonds. The maximum absolute atomic E-state index is 12.6. The van der Waals surface area contributed by atoms with Crippen LogP contribution in [0.25, 0.3) is 6.08 Å². The van der Waals surface area contributed by atoms with Crippen LogP contribution in [0.3, 0.4) is 0 Å². The highest BCUT2D eigenvalue weighted by molar-refractivity contribution is 6.35. The Bertz CT molecular complexity index is 1250. The molecule has 0 saturated heterocycles. The van der Waals surface area contributed by atoms with Crippen LogP contribution in [-0.4, -0.2) is 27.1 Å². The van der Waals surface area contributed by atoms with Gasteiger partial charge in [-0.1, -0.05) is 35.3 Å². The van der Waals surface area contributed by atoms with Crippen LogP contribution < -0.4 is 19.7 Å². The Labute approximate surface area is 208 Å². The summed E-state index contributed by atoms with van der Waals surface area (Å²) in [5, 5.41) is 13.3. The zero-order valence-corrected chi connectivity index (χ0v) is 20.4. The molecular formula is C26H23Cl2N3O3. The van der Waals surface area contributed by atoms with E-state index in [1.165, 1.54) is 13.2 Å². The SMILES string of the molecule is COc1cc(/C=C(/C#N)C(=O)Nc2ccc(N(C)C)cc2)ccc1OCc1ccc(Cl)cc1Cl. The van der Waals surface area contributed by atoms with Crippen molar-refractivity contribution in [3.63, 3.8) is 0 Å². The van der Waals surface area contributed by atoms with Gasteiger partial charge in [-0.15, -0.1) is 0 Å². The topological polar surface area (TPSA) is 74.6 Å². The van der Waals surface area contributed by atoms with Crippen LogP contribution in [-0.2, 0) is 11.4 Å². The number of nitrogens with zero attached hydrogens (tertiary/aromatic N) is 2. The summed E-state index contributed by atoms with van der Waals surface area (Å²) in [5.74, 6) is 0.446. The lowest BCUT2D eigenvalue weighted by Gasteiger charge is -2.13. The van der Waals surface area contributed by atoms with E-state index in [1.54, 1.807) is 48.5 Å². The molecule has 3 aromatic carbocycles. The van der Waals surface area contributed by atoms with Gasteiger partial charge in [0.2, 0.25) is 0 Å². The molecule has 0 bridgehead atoms. The molecule has 0 aromatic heterocycles. The van der Waals surface area contributed by atoms with Gasteiger partial charge in [0.25, 0.3) is 5.91 Å². The van der Waals surface area contributed by atoms with E-state index < -0.39 is 5.91 Å². The van der Waals surface area contributed by atoms with E-state index in [9.17, 15) is 10.1 Å². The Hall–Kier alpha value is -3.66. The third-order valence-corrected chi connectivity index (χ3v) is 5.49. The molecule has 0 spiro atoms. The van der Waals surface area contributed by atoms with Crippen LogP contribution in [0.1, 0.15) is 11.1 Å². The predicted octanol–water partition coefficient (Wildman–Crippen LogP) is 6.19. The Morgan fingerprint density at radius 1 is 1.06 bits per heavy atom. The molecule has 6 nitrogen and oxygen atoms in total. The minimum atomic E-state index is -0.503. The molecule has 0 radical (unpaired) electrons. The van der Waals surface area contributed by atoms with Gasteiger partial charge in [-0.2, -0.15) is 5.26 Å². The number of hydrogen-bond donors (Lipinski definition) is 1. The van der Waals surface area contributed by atoms with Gasteiger partial charge in [0, 0.05) is 41.1 Å². The molecule has 0 aliphatic heterocycles. The zero-order valence-electron chi connectivity index (χ0n) is 18.9. The van der Waals surface area contributed by atoms with Crippen molar-refractivity contribution >= 4 is 46.6 Å². The van der Waals surface area contributed by atoms with Gasteiger partial charge in [-0.05, 0) is 60.2 Å².